The predicted octanol–water partition coefficient (Wildman–Crippen LogP) is 2.64. The van der Waals surface area contributed by atoms with E-state index in [2.05, 4.69) is 20.3 Å². The van der Waals surface area contributed by atoms with Crippen LogP contribution >= 0.6 is 11.8 Å². The Labute approximate surface area is 136 Å². The van der Waals surface area contributed by atoms with Crippen LogP contribution in [-0.4, -0.2) is 33.3 Å². The number of methoxy groups -OCH3 is 1. The van der Waals surface area contributed by atoms with E-state index in [4.69, 9.17) is 4.42 Å². The number of thioether (sulfide) groups is 1. The maximum Gasteiger partial charge on any atom is 0.374 e. The molecule has 2 heterocycles. The number of hydrogen-bond acceptors (Lipinski definition) is 7. The highest BCUT2D eigenvalue weighted by molar-refractivity contribution is 7.98. The maximum atomic E-state index is 11.6. The summed E-state index contributed by atoms with van der Waals surface area (Å²) in [5.74, 6) is 0.916. The van der Waals surface area contributed by atoms with Gasteiger partial charge in [0.15, 0.2) is 0 Å². The van der Waals surface area contributed by atoms with Crippen LogP contribution in [0.25, 0.3) is 5.69 Å². The molecular weight excluding hydrogens is 316 g/mol. The van der Waals surface area contributed by atoms with Crippen LogP contribution in [0.2, 0.25) is 0 Å². The fourth-order valence-electron chi connectivity index (χ4n) is 2.05. The Bertz CT molecular complexity index is 813. The Morgan fingerprint density at radius 2 is 2.13 bits per heavy atom. The summed E-state index contributed by atoms with van der Waals surface area (Å²) in [6.45, 7) is 1.80. The number of nitrogens with zero attached hydrogens (tertiary/aromatic N) is 4. The summed E-state index contributed by atoms with van der Waals surface area (Å²) >= 11 is 1.42. The van der Waals surface area contributed by atoms with E-state index in [0.29, 0.717) is 16.7 Å². The van der Waals surface area contributed by atoms with E-state index < -0.39 is 5.97 Å². The minimum absolute atomic E-state index is 0.228. The van der Waals surface area contributed by atoms with Gasteiger partial charge in [-0.15, -0.1) is 5.10 Å². The summed E-state index contributed by atoms with van der Waals surface area (Å²) in [6.07, 6.45) is 0. The van der Waals surface area contributed by atoms with E-state index in [1.165, 1.54) is 18.9 Å². The molecule has 7 nitrogen and oxygen atoms in total. The average Bonchev–Trinajstić information content (AvgIpc) is 3.19. The number of hydrogen-bond donors (Lipinski definition) is 0. The molecule has 23 heavy (non-hydrogen) atoms. The number of aryl methyl sites for hydroxylation is 1. The van der Waals surface area contributed by atoms with Gasteiger partial charge in [-0.2, -0.15) is 4.68 Å². The summed E-state index contributed by atoms with van der Waals surface area (Å²) in [4.78, 5) is 11.6. The second kappa shape index (κ2) is 6.66. The zero-order valence-electron chi connectivity index (χ0n) is 12.6. The quantitative estimate of drug-likeness (QED) is 0.525. The Balaban J connectivity index is 1.75. The van der Waals surface area contributed by atoms with Gasteiger partial charge in [0.2, 0.25) is 10.9 Å². The molecule has 0 saturated heterocycles. The Morgan fingerprint density at radius 1 is 1.35 bits per heavy atom. The minimum atomic E-state index is -0.479. The van der Waals surface area contributed by atoms with Crippen LogP contribution in [-0.2, 0) is 10.5 Å². The van der Waals surface area contributed by atoms with Crippen molar-refractivity contribution >= 4 is 17.7 Å². The third-order valence-corrected chi connectivity index (χ3v) is 4.07. The second-order valence-corrected chi connectivity index (χ2v) is 5.66. The Hall–Kier alpha value is -2.61. The van der Waals surface area contributed by atoms with Crippen molar-refractivity contribution in [2.24, 2.45) is 0 Å². The first-order valence-electron chi connectivity index (χ1n) is 6.83. The van der Waals surface area contributed by atoms with Gasteiger partial charge in [-0.05, 0) is 35.5 Å². The van der Waals surface area contributed by atoms with Crippen molar-refractivity contribution in [2.75, 3.05) is 7.11 Å². The molecule has 118 valence electrons. The van der Waals surface area contributed by atoms with Gasteiger partial charge in [0.05, 0.1) is 18.6 Å². The fraction of sp³-hybridized carbons (Fsp3) is 0.200. The van der Waals surface area contributed by atoms with Crippen LogP contribution in [0, 0.1) is 6.92 Å². The van der Waals surface area contributed by atoms with Gasteiger partial charge in [-0.1, -0.05) is 30.0 Å². The Morgan fingerprint density at radius 3 is 2.87 bits per heavy atom. The van der Waals surface area contributed by atoms with Gasteiger partial charge in [0.1, 0.15) is 5.76 Å². The van der Waals surface area contributed by atoms with Gasteiger partial charge >= 0.3 is 5.97 Å². The first kappa shape index (κ1) is 15.3. The van der Waals surface area contributed by atoms with Crippen LogP contribution in [0.3, 0.4) is 0 Å². The zero-order valence-corrected chi connectivity index (χ0v) is 13.4. The van der Waals surface area contributed by atoms with E-state index in [0.717, 1.165) is 11.3 Å². The lowest BCUT2D eigenvalue weighted by Gasteiger charge is -2.02. The number of benzene rings is 1. The molecule has 0 spiro atoms. The van der Waals surface area contributed by atoms with Crippen molar-refractivity contribution in [3.8, 4) is 5.69 Å². The highest BCUT2D eigenvalue weighted by atomic mass is 32.2. The summed E-state index contributed by atoms with van der Waals surface area (Å²) in [7, 11) is 1.33. The van der Waals surface area contributed by atoms with E-state index in [1.54, 1.807) is 11.6 Å². The molecule has 3 rings (SSSR count). The molecule has 0 aliphatic heterocycles. The van der Waals surface area contributed by atoms with Crippen molar-refractivity contribution < 1.29 is 13.9 Å². The molecule has 0 radical (unpaired) electrons. The SMILES string of the molecule is COC(=O)c1oc(CSc2nnnn2-c2ccccc2)cc1C. The van der Waals surface area contributed by atoms with Gasteiger partial charge in [-0.25, -0.2) is 4.79 Å². The highest BCUT2D eigenvalue weighted by Gasteiger charge is 2.17. The molecule has 1 aromatic carbocycles. The molecule has 0 amide bonds. The lowest BCUT2D eigenvalue weighted by Crippen LogP contribution is -2.00. The van der Waals surface area contributed by atoms with E-state index in [9.17, 15) is 4.79 Å². The number of carbonyl (C=O) groups excluding carboxylic acids is 1. The van der Waals surface area contributed by atoms with Crippen LogP contribution in [0.15, 0.2) is 46.0 Å². The number of furan rings is 1. The molecular formula is C15H14N4O3S. The maximum absolute atomic E-state index is 11.6. The molecule has 0 N–H and O–H groups in total. The van der Waals surface area contributed by atoms with Gasteiger partial charge < -0.3 is 9.15 Å². The van der Waals surface area contributed by atoms with E-state index in [-0.39, 0.29) is 5.76 Å². The number of tetrazole rings is 1. The highest BCUT2D eigenvalue weighted by Crippen LogP contribution is 2.25. The van der Waals surface area contributed by atoms with Crippen LogP contribution in [0.5, 0.6) is 0 Å². The van der Waals surface area contributed by atoms with Crippen molar-refractivity contribution in [1.82, 2.24) is 20.2 Å². The van der Waals surface area contributed by atoms with Gasteiger partial charge in [0, 0.05) is 5.56 Å². The third kappa shape index (κ3) is 3.26. The monoisotopic (exact) mass is 330 g/mol. The summed E-state index contributed by atoms with van der Waals surface area (Å²) in [5, 5.41) is 12.4. The third-order valence-electron chi connectivity index (χ3n) is 3.12. The van der Waals surface area contributed by atoms with Crippen LogP contribution in [0.4, 0.5) is 0 Å². The molecule has 0 aliphatic carbocycles. The number of ether oxygens (including phenoxy) is 1. The molecule has 0 saturated carbocycles. The number of para-hydroxylation sites is 1. The average molecular weight is 330 g/mol. The van der Waals surface area contributed by atoms with Crippen LogP contribution in [0.1, 0.15) is 21.9 Å². The molecule has 0 fully saturated rings. The smallest absolute Gasteiger partial charge is 0.374 e. The minimum Gasteiger partial charge on any atom is -0.463 e. The van der Waals surface area contributed by atoms with Crippen molar-refractivity contribution in [3.63, 3.8) is 0 Å². The molecule has 8 heteroatoms. The van der Waals surface area contributed by atoms with E-state index in [1.807, 2.05) is 36.4 Å². The standard InChI is InChI=1S/C15H14N4O3S/c1-10-8-12(22-13(10)14(20)21-2)9-23-15-16-17-18-19(15)11-6-4-3-5-7-11/h3-8H,9H2,1-2H3. The number of aromatic nitrogens is 4. The first-order chi connectivity index (χ1) is 11.2. The topological polar surface area (TPSA) is 83.0 Å². The lowest BCUT2D eigenvalue weighted by atomic mass is 10.3. The molecule has 0 unspecified atom stereocenters. The Kier molecular flexibility index (Phi) is 4.42. The fourth-order valence-corrected chi connectivity index (χ4v) is 2.82. The molecule has 0 atom stereocenters. The second-order valence-electron chi connectivity index (χ2n) is 4.71. The normalized spacial score (nSPS) is 10.7. The molecule has 0 bridgehead atoms. The summed E-state index contributed by atoms with van der Waals surface area (Å²) in [5.41, 5.74) is 1.63. The molecule has 2 aromatic heterocycles. The van der Waals surface area contributed by atoms with Crippen molar-refractivity contribution in [3.05, 3.63) is 53.5 Å². The lowest BCUT2D eigenvalue weighted by molar-refractivity contribution is 0.0562. The van der Waals surface area contributed by atoms with E-state index >= 15 is 0 Å². The number of rotatable bonds is 5. The summed E-state index contributed by atoms with van der Waals surface area (Å²) in [6, 6.07) is 11.4. The van der Waals surface area contributed by atoms with Gasteiger partial charge in [0.25, 0.3) is 0 Å². The van der Waals surface area contributed by atoms with Crippen LogP contribution < -0.4 is 0 Å². The number of carbonyl (C=O) groups is 1. The number of esters is 1. The molecule has 0 aliphatic rings. The summed E-state index contributed by atoms with van der Waals surface area (Å²) < 4.78 is 11.9. The predicted molar refractivity (Wildman–Crippen MR) is 83.5 cm³/mol. The van der Waals surface area contributed by atoms with Gasteiger partial charge in [-0.3, -0.25) is 0 Å². The first-order valence-corrected chi connectivity index (χ1v) is 7.82. The molecule has 3 aromatic rings. The largest absolute Gasteiger partial charge is 0.463 e. The zero-order chi connectivity index (χ0) is 16.2. The van der Waals surface area contributed by atoms with Crippen molar-refractivity contribution in [1.29, 1.82) is 0 Å². The van der Waals surface area contributed by atoms with Crippen molar-refractivity contribution in [2.45, 2.75) is 17.8 Å².